The predicted octanol–water partition coefficient (Wildman–Crippen LogP) is 3.76. The van der Waals surface area contributed by atoms with Crippen molar-refractivity contribution in [1.82, 2.24) is 0 Å². The van der Waals surface area contributed by atoms with Gasteiger partial charge in [-0.15, -0.1) is 0 Å². The van der Waals surface area contributed by atoms with E-state index in [2.05, 4.69) is 0 Å². The highest BCUT2D eigenvalue weighted by molar-refractivity contribution is 5.76. The van der Waals surface area contributed by atoms with Gasteiger partial charge >= 0.3 is 0 Å². The Hall–Kier alpha value is -2.43. The van der Waals surface area contributed by atoms with E-state index in [0.29, 0.717) is 30.0 Å². The minimum Gasteiger partial charge on any atom is -0.490 e. The molecule has 0 spiro atoms. The molecular weight excluding hydrogens is 278 g/mol. The van der Waals surface area contributed by atoms with Crippen LogP contribution in [0.25, 0.3) is 0 Å². The van der Waals surface area contributed by atoms with Crippen molar-refractivity contribution in [2.75, 3.05) is 6.61 Å². The van der Waals surface area contributed by atoms with Gasteiger partial charge < -0.3 is 9.47 Å². The number of carbonyl (C=O) groups excluding carboxylic acids is 1. The summed E-state index contributed by atoms with van der Waals surface area (Å²) in [4.78, 5) is 10.7. The van der Waals surface area contributed by atoms with E-state index in [1.54, 1.807) is 19.1 Å². The van der Waals surface area contributed by atoms with E-state index >= 15 is 0 Å². The molecule has 0 bridgehead atoms. The van der Waals surface area contributed by atoms with E-state index in [4.69, 9.17) is 9.47 Å². The maximum Gasteiger partial charge on any atom is 0.165 e. The Bertz CT molecular complexity index is 641. The summed E-state index contributed by atoms with van der Waals surface area (Å²) in [7, 11) is 0. The van der Waals surface area contributed by atoms with Crippen LogP contribution in [0.15, 0.2) is 36.4 Å². The Morgan fingerprint density at radius 3 is 2.62 bits per heavy atom. The standard InChI is InChI=1S/C16H14F2O3/c1-2-20-15-8-11(9-19)6-7-14(15)21-10-12-4-3-5-13(17)16(12)18/h3-9H,2,10H2,1H3. The summed E-state index contributed by atoms with van der Waals surface area (Å²) in [5.74, 6) is -1.09. The SMILES string of the molecule is CCOc1cc(C=O)ccc1OCc1cccc(F)c1F. The highest BCUT2D eigenvalue weighted by Crippen LogP contribution is 2.29. The lowest BCUT2D eigenvalue weighted by Crippen LogP contribution is -2.03. The molecule has 0 heterocycles. The Kier molecular flexibility index (Phi) is 4.87. The molecule has 21 heavy (non-hydrogen) atoms. The summed E-state index contributed by atoms with van der Waals surface area (Å²) in [6.45, 7) is 2.06. The van der Waals surface area contributed by atoms with Crippen LogP contribution in [0.2, 0.25) is 0 Å². The van der Waals surface area contributed by atoms with Gasteiger partial charge in [0.2, 0.25) is 0 Å². The second kappa shape index (κ2) is 6.83. The molecule has 0 amide bonds. The lowest BCUT2D eigenvalue weighted by Gasteiger charge is -2.12. The van der Waals surface area contributed by atoms with Gasteiger partial charge in [-0.05, 0) is 31.2 Å². The molecule has 0 aliphatic heterocycles. The Morgan fingerprint density at radius 2 is 1.90 bits per heavy atom. The molecule has 0 atom stereocenters. The Labute approximate surface area is 121 Å². The Balaban J connectivity index is 2.19. The first kappa shape index (κ1) is 15.0. The molecule has 2 rings (SSSR count). The minimum absolute atomic E-state index is 0.108. The van der Waals surface area contributed by atoms with Crippen molar-refractivity contribution in [2.45, 2.75) is 13.5 Å². The third kappa shape index (κ3) is 3.56. The first-order valence-electron chi connectivity index (χ1n) is 6.43. The van der Waals surface area contributed by atoms with Gasteiger partial charge in [0.1, 0.15) is 12.9 Å². The molecule has 110 valence electrons. The van der Waals surface area contributed by atoms with E-state index in [9.17, 15) is 13.6 Å². The zero-order chi connectivity index (χ0) is 15.2. The van der Waals surface area contributed by atoms with Crippen LogP contribution in [0, 0.1) is 11.6 Å². The molecule has 0 aliphatic carbocycles. The number of ether oxygens (including phenoxy) is 2. The molecule has 5 heteroatoms. The topological polar surface area (TPSA) is 35.5 Å². The molecule has 2 aromatic rings. The number of benzene rings is 2. The Morgan fingerprint density at radius 1 is 1.10 bits per heavy atom. The molecule has 0 saturated heterocycles. The molecule has 0 N–H and O–H groups in total. The monoisotopic (exact) mass is 292 g/mol. The van der Waals surface area contributed by atoms with Gasteiger partial charge in [0.05, 0.1) is 6.61 Å². The average Bonchev–Trinajstić information content (AvgIpc) is 2.50. The number of rotatable bonds is 6. The van der Waals surface area contributed by atoms with E-state index in [1.807, 2.05) is 0 Å². The molecule has 0 fully saturated rings. The quantitative estimate of drug-likeness (QED) is 0.761. The number of hydrogen-bond acceptors (Lipinski definition) is 3. The van der Waals surface area contributed by atoms with Crippen LogP contribution in [-0.4, -0.2) is 12.9 Å². The van der Waals surface area contributed by atoms with Gasteiger partial charge in [-0.3, -0.25) is 4.79 Å². The summed E-state index contributed by atoms with van der Waals surface area (Å²) >= 11 is 0. The lowest BCUT2D eigenvalue weighted by molar-refractivity contribution is 0.112. The molecule has 3 nitrogen and oxygen atoms in total. The normalized spacial score (nSPS) is 10.2. The van der Waals surface area contributed by atoms with Crippen molar-refractivity contribution in [1.29, 1.82) is 0 Å². The van der Waals surface area contributed by atoms with Crippen LogP contribution in [0.4, 0.5) is 8.78 Å². The van der Waals surface area contributed by atoms with Crippen molar-refractivity contribution >= 4 is 6.29 Å². The van der Waals surface area contributed by atoms with E-state index in [1.165, 1.54) is 18.2 Å². The average molecular weight is 292 g/mol. The number of aldehydes is 1. The molecule has 2 aromatic carbocycles. The van der Waals surface area contributed by atoms with Crippen LogP contribution in [0.1, 0.15) is 22.8 Å². The van der Waals surface area contributed by atoms with E-state index < -0.39 is 11.6 Å². The van der Waals surface area contributed by atoms with Crippen molar-refractivity contribution in [3.05, 3.63) is 59.2 Å². The molecule has 0 unspecified atom stereocenters. The third-order valence-corrected chi connectivity index (χ3v) is 2.82. The molecular formula is C16H14F2O3. The van der Waals surface area contributed by atoms with Crippen LogP contribution in [-0.2, 0) is 6.61 Å². The number of carbonyl (C=O) groups is 1. The summed E-state index contributed by atoms with van der Waals surface area (Å²) in [6, 6.07) is 8.56. The highest BCUT2D eigenvalue weighted by atomic mass is 19.2. The van der Waals surface area contributed by atoms with E-state index in [0.717, 1.165) is 6.07 Å². The predicted molar refractivity (Wildman–Crippen MR) is 73.7 cm³/mol. The van der Waals surface area contributed by atoms with Crippen molar-refractivity contribution in [3.63, 3.8) is 0 Å². The molecule has 0 aliphatic rings. The van der Waals surface area contributed by atoms with Crippen LogP contribution in [0.3, 0.4) is 0 Å². The molecule has 0 aromatic heterocycles. The third-order valence-electron chi connectivity index (χ3n) is 2.82. The molecule has 0 radical (unpaired) electrons. The highest BCUT2D eigenvalue weighted by Gasteiger charge is 2.11. The smallest absolute Gasteiger partial charge is 0.165 e. The second-order valence-corrected chi connectivity index (χ2v) is 4.26. The number of hydrogen-bond donors (Lipinski definition) is 0. The van der Waals surface area contributed by atoms with E-state index in [-0.39, 0.29) is 12.2 Å². The lowest BCUT2D eigenvalue weighted by atomic mass is 10.2. The van der Waals surface area contributed by atoms with Crippen molar-refractivity contribution in [3.8, 4) is 11.5 Å². The van der Waals surface area contributed by atoms with Gasteiger partial charge in [-0.25, -0.2) is 8.78 Å². The van der Waals surface area contributed by atoms with Crippen LogP contribution in [0.5, 0.6) is 11.5 Å². The summed E-state index contributed by atoms with van der Waals surface area (Å²) < 4.78 is 37.5. The zero-order valence-electron chi connectivity index (χ0n) is 11.4. The summed E-state index contributed by atoms with van der Waals surface area (Å²) in [5, 5.41) is 0. The van der Waals surface area contributed by atoms with Crippen LogP contribution < -0.4 is 9.47 Å². The fraction of sp³-hybridized carbons (Fsp3) is 0.188. The van der Waals surface area contributed by atoms with Crippen LogP contribution >= 0.6 is 0 Å². The van der Waals surface area contributed by atoms with Gasteiger partial charge in [0.25, 0.3) is 0 Å². The first-order valence-corrected chi connectivity index (χ1v) is 6.43. The summed E-state index contributed by atoms with van der Waals surface area (Å²) in [5.41, 5.74) is 0.555. The van der Waals surface area contributed by atoms with Gasteiger partial charge in [0.15, 0.2) is 23.1 Å². The fourth-order valence-electron chi connectivity index (χ4n) is 1.80. The number of halogens is 2. The second-order valence-electron chi connectivity index (χ2n) is 4.26. The van der Waals surface area contributed by atoms with Gasteiger partial charge in [-0.1, -0.05) is 12.1 Å². The fourth-order valence-corrected chi connectivity index (χ4v) is 1.80. The van der Waals surface area contributed by atoms with Crippen molar-refractivity contribution < 1.29 is 23.0 Å². The maximum absolute atomic E-state index is 13.5. The van der Waals surface area contributed by atoms with Crippen molar-refractivity contribution in [2.24, 2.45) is 0 Å². The first-order chi connectivity index (χ1) is 10.2. The van der Waals surface area contributed by atoms with Gasteiger partial charge in [0, 0.05) is 11.1 Å². The zero-order valence-corrected chi connectivity index (χ0v) is 11.4. The van der Waals surface area contributed by atoms with Gasteiger partial charge in [-0.2, -0.15) is 0 Å². The minimum atomic E-state index is -0.931. The largest absolute Gasteiger partial charge is 0.490 e. The summed E-state index contributed by atoms with van der Waals surface area (Å²) in [6.07, 6.45) is 0.693. The maximum atomic E-state index is 13.5. The molecule has 0 saturated carbocycles.